The number of phenolic OH excluding ortho intramolecular Hbond substituents is 2. The zero-order valence-electron chi connectivity index (χ0n) is 15.4. The Labute approximate surface area is 152 Å². The Kier molecular flexibility index (Phi) is 6.85. The van der Waals surface area contributed by atoms with Crippen molar-refractivity contribution in [3.05, 3.63) is 17.2 Å². The molecular formula is C19H26O7. The normalized spacial score (nSPS) is 21.0. The summed E-state index contributed by atoms with van der Waals surface area (Å²) in [4.78, 5) is 25.0. The van der Waals surface area contributed by atoms with Crippen molar-refractivity contribution in [1.29, 1.82) is 0 Å². The van der Waals surface area contributed by atoms with Gasteiger partial charge in [0.15, 0.2) is 17.3 Å². The molecule has 1 aliphatic rings. The van der Waals surface area contributed by atoms with E-state index in [-0.39, 0.29) is 41.3 Å². The summed E-state index contributed by atoms with van der Waals surface area (Å²) in [5.41, 5.74) is 0.174. The summed E-state index contributed by atoms with van der Waals surface area (Å²) >= 11 is 0. The molecular weight excluding hydrogens is 340 g/mol. The summed E-state index contributed by atoms with van der Waals surface area (Å²) in [5.74, 6) is -1.91. The number of hydrogen-bond acceptors (Lipinski definition) is 7. The van der Waals surface area contributed by atoms with Crippen LogP contribution in [0.25, 0.3) is 0 Å². The van der Waals surface area contributed by atoms with Crippen LogP contribution in [-0.4, -0.2) is 47.9 Å². The first-order valence-corrected chi connectivity index (χ1v) is 8.83. The number of phenols is 2. The average Bonchev–Trinajstić information content (AvgIpc) is 2.54. The van der Waals surface area contributed by atoms with Gasteiger partial charge < -0.3 is 24.4 Å². The number of rotatable bonds is 5. The van der Waals surface area contributed by atoms with Crippen molar-refractivity contribution in [2.75, 3.05) is 13.7 Å². The van der Waals surface area contributed by atoms with E-state index in [0.717, 1.165) is 12.8 Å². The number of benzene rings is 1. The van der Waals surface area contributed by atoms with Crippen molar-refractivity contribution in [1.82, 2.24) is 0 Å². The third-order valence-electron chi connectivity index (χ3n) is 4.33. The maximum Gasteiger partial charge on any atom is 0.310 e. The zero-order valence-corrected chi connectivity index (χ0v) is 15.4. The van der Waals surface area contributed by atoms with Crippen molar-refractivity contribution in [2.45, 2.75) is 58.2 Å². The fourth-order valence-electron chi connectivity index (χ4n) is 3.09. The van der Waals surface area contributed by atoms with E-state index in [0.29, 0.717) is 13.0 Å². The van der Waals surface area contributed by atoms with Crippen LogP contribution in [0.4, 0.5) is 0 Å². The molecule has 1 aliphatic heterocycles. The lowest BCUT2D eigenvalue weighted by Crippen LogP contribution is -2.29. The summed E-state index contributed by atoms with van der Waals surface area (Å²) in [6.45, 7) is 4.30. The molecule has 2 unspecified atom stereocenters. The number of esters is 1. The summed E-state index contributed by atoms with van der Waals surface area (Å²) < 4.78 is 16.1. The van der Waals surface area contributed by atoms with Gasteiger partial charge in [0, 0.05) is 19.4 Å². The maximum absolute atomic E-state index is 12.9. The van der Waals surface area contributed by atoms with Gasteiger partial charge in [-0.15, -0.1) is 0 Å². The van der Waals surface area contributed by atoms with Gasteiger partial charge in [0.25, 0.3) is 0 Å². The standard InChI is InChI=1S/C19H26O7/c1-4-5-6-25-13-7-11(2)26-16(22)9-12-8-15(21)19(24-3)18(23)17(12)14(20)10-13/h8,11,13,21,23H,4-7,9-10H2,1-3H3. The smallest absolute Gasteiger partial charge is 0.310 e. The molecule has 26 heavy (non-hydrogen) atoms. The second kappa shape index (κ2) is 8.89. The number of carbonyl (C=O) groups excluding carboxylic acids is 2. The molecule has 0 saturated carbocycles. The summed E-state index contributed by atoms with van der Waals surface area (Å²) in [6.07, 6.45) is 1.21. The second-order valence-corrected chi connectivity index (χ2v) is 6.50. The van der Waals surface area contributed by atoms with Crippen molar-refractivity contribution in [2.24, 2.45) is 0 Å². The molecule has 0 aliphatic carbocycles. The van der Waals surface area contributed by atoms with Gasteiger partial charge in [-0.25, -0.2) is 0 Å². The fourth-order valence-corrected chi connectivity index (χ4v) is 3.09. The van der Waals surface area contributed by atoms with Crippen LogP contribution in [0.1, 0.15) is 55.5 Å². The number of fused-ring (bicyclic) bond motifs is 1. The average molecular weight is 366 g/mol. The van der Waals surface area contributed by atoms with E-state index >= 15 is 0 Å². The van der Waals surface area contributed by atoms with Crippen LogP contribution in [0.5, 0.6) is 17.2 Å². The molecule has 1 heterocycles. The SMILES string of the molecule is CCCCOC1CC(=O)c2c(cc(O)c(OC)c2O)CC(=O)OC(C)C1. The number of ketones is 1. The van der Waals surface area contributed by atoms with E-state index in [2.05, 4.69) is 0 Å². The molecule has 0 bridgehead atoms. The van der Waals surface area contributed by atoms with Crippen LogP contribution in [-0.2, 0) is 20.7 Å². The predicted octanol–water partition coefficient (Wildman–Crippen LogP) is 2.74. The molecule has 0 radical (unpaired) electrons. The molecule has 2 rings (SSSR count). The molecule has 7 heteroatoms. The number of unbranched alkanes of at least 4 members (excludes halogenated alkanes) is 1. The van der Waals surface area contributed by atoms with E-state index in [9.17, 15) is 19.8 Å². The number of hydrogen-bond donors (Lipinski definition) is 2. The van der Waals surface area contributed by atoms with E-state index in [4.69, 9.17) is 14.2 Å². The third kappa shape index (κ3) is 4.66. The molecule has 2 atom stereocenters. The first-order valence-electron chi connectivity index (χ1n) is 8.83. The quantitative estimate of drug-likeness (QED) is 0.610. The van der Waals surface area contributed by atoms with Gasteiger partial charge in [-0.05, 0) is 25.0 Å². The molecule has 7 nitrogen and oxygen atoms in total. The van der Waals surface area contributed by atoms with Gasteiger partial charge in [0.2, 0.25) is 5.75 Å². The zero-order chi connectivity index (χ0) is 19.3. The molecule has 0 spiro atoms. The highest BCUT2D eigenvalue weighted by Crippen LogP contribution is 2.41. The second-order valence-electron chi connectivity index (χ2n) is 6.50. The highest BCUT2D eigenvalue weighted by molar-refractivity contribution is 6.02. The van der Waals surface area contributed by atoms with Crippen molar-refractivity contribution < 1.29 is 34.0 Å². The van der Waals surface area contributed by atoms with Crippen LogP contribution in [0.3, 0.4) is 0 Å². The van der Waals surface area contributed by atoms with E-state index in [1.807, 2.05) is 6.92 Å². The predicted molar refractivity (Wildman–Crippen MR) is 93.8 cm³/mol. The molecule has 1 aromatic rings. The minimum Gasteiger partial charge on any atom is -0.504 e. The number of ether oxygens (including phenoxy) is 3. The topological polar surface area (TPSA) is 102 Å². The molecule has 0 amide bonds. The molecule has 2 N–H and O–H groups in total. The van der Waals surface area contributed by atoms with Crippen molar-refractivity contribution >= 4 is 11.8 Å². The summed E-state index contributed by atoms with van der Waals surface area (Å²) in [5, 5.41) is 20.4. The Hall–Kier alpha value is -2.28. The van der Waals surface area contributed by atoms with Crippen LogP contribution >= 0.6 is 0 Å². The lowest BCUT2D eigenvalue weighted by atomic mass is 9.93. The first kappa shape index (κ1) is 20.0. The molecule has 0 aromatic heterocycles. The molecule has 144 valence electrons. The number of cyclic esters (lactones) is 1. The minimum atomic E-state index is -0.537. The van der Waals surface area contributed by atoms with Gasteiger partial charge >= 0.3 is 5.97 Å². The summed E-state index contributed by atoms with van der Waals surface area (Å²) in [7, 11) is 1.28. The molecule has 1 aromatic carbocycles. The van der Waals surface area contributed by atoms with Gasteiger partial charge in [-0.1, -0.05) is 13.3 Å². The van der Waals surface area contributed by atoms with Crippen LogP contribution < -0.4 is 4.74 Å². The Morgan fingerprint density at radius 2 is 2.04 bits per heavy atom. The number of carbonyl (C=O) groups is 2. The highest BCUT2D eigenvalue weighted by Gasteiger charge is 2.29. The van der Waals surface area contributed by atoms with Crippen LogP contribution in [0.15, 0.2) is 6.07 Å². The Balaban J connectivity index is 2.41. The lowest BCUT2D eigenvalue weighted by Gasteiger charge is -2.24. The van der Waals surface area contributed by atoms with Crippen molar-refractivity contribution in [3.63, 3.8) is 0 Å². The van der Waals surface area contributed by atoms with Gasteiger partial charge in [-0.2, -0.15) is 0 Å². The molecule has 0 saturated heterocycles. The van der Waals surface area contributed by atoms with Crippen LogP contribution in [0, 0.1) is 0 Å². The van der Waals surface area contributed by atoms with E-state index in [1.165, 1.54) is 13.2 Å². The van der Waals surface area contributed by atoms with E-state index in [1.54, 1.807) is 6.92 Å². The third-order valence-corrected chi connectivity index (χ3v) is 4.33. The minimum absolute atomic E-state index is 0.0322. The monoisotopic (exact) mass is 366 g/mol. The largest absolute Gasteiger partial charge is 0.504 e. The van der Waals surface area contributed by atoms with Gasteiger partial charge in [-0.3, -0.25) is 9.59 Å². The number of methoxy groups -OCH3 is 1. The van der Waals surface area contributed by atoms with E-state index < -0.39 is 23.9 Å². The van der Waals surface area contributed by atoms with Crippen LogP contribution in [0.2, 0.25) is 0 Å². The summed E-state index contributed by atoms with van der Waals surface area (Å²) in [6, 6.07) is 1.26. The highest BCUT2D eigenvalue weighted by atomic mass is 16.5. The number of Topliss-reactive ketones (excluding diaryl/α,β-unsaturated/α-hetero) is 1. The Morgan fingerprint density at radius 3 is 2.69 bits per heavy atom. The Bertz CT molecular complexity index is 668. The van der Waals surface area contributed by atoms with Crippen molar-refractivity contribution in [3.8, 4) is 17.2 Å². The Morgan fingerprint density at radius 1 is 1.31 bits per heavy atom. The van der Waals surface area contributed by atoms with Gasteiger partial charge in [0.05, 0.1) is 25.2 Å². The molecule has 0 fully saturated rings. The maximum atomic E-state index is 12.9. The fraction of sp³-hybridized carbons (Fsp3) is 0.579. The lowest BCUT2D eigenvalue weighted by molar-refractivity contribution is -0.149. The van der Waals surface area contributed by atoms with Gasteiger partial charge in [0.1, 0.15) is 6.10 Å². The first-order chi connectivity index (χ1) is 12.4. The number of aromatic hydroxyl groups is 2.